The monoisotopic (exact) mass is 346 g/mol. The molecule has 1 fully saturated rings. The van der Waals surface area contributed by atoms with Crippen molar-refractivity contribution in [2.24, 2.45) is 5.92 Å². The van der Waals surface area contributed by atoms with Crippen LogP contribution in [0, 0.1) is 5.92 Å². The minimum absolute atomic E-state index is 0.00345. The van der Waals surface area contributed by atoms with Gasteiger partial charge in [0.15, 0.2) is 11.5 Å². The summed E-state index contributed by atoms with van der Waals surface area (Å²) >= 11 is 0. The van der Waals surface area contributed by atoms with Gasteiger partial charge in [0.25, 0.3) is 0 Å². The number of carbonyl (C=O) groups is 2. The fourth-order valence-corrected chi connectivity index (χ4v) is 3.41. The molecule has 3 rings (SSSR count). The van der Waals surface area contributed by atoms with Crippen LogP contribution in [-0.2, 0) is 15.1 Å². The van der Waals surface area contributed by atoms with Crippen LogP contribution in [0.15, 0.2) is 18.2 Å². The fourth-order valence-electron chi connectivity index (χ4n) is 3.41. The highest BCUT2D eigenvalue weighted by molar-refractivity contribution is 5.82. The van der Waals surface area contributed by atoms with Crippen LogP contribution in [-0.4, -0.2) is 36.6 Å². The van der Waals surface area contributed by atoms with Crippen molar-refractivity contribution in [2.45, 2.75) is 45.6 Å². The van der Waals surface area contributed by atoms with Crippen molar-refractivity contribution in [3.05, 3.63) is 23.8 Å². The van der Waals surface area contributed by atoms with Crippen molar-refractivity contribution in [1.82, 2.24) is 10.2 Å². The maximum absolute atomic E-state index is 12.8. The summed E-state index contributed by atoms with van der Waals surface area (Å²) in [5, 5.41) is 3.14. The number of carbonyl (C=O) groups excluding carboxylic acids is 2. The lowest BCUT2D eigenvalue weighted by molar-refractivity contribution is -0.136. The maximum atomic E-state index is 12.8. The number of hydrogen-bond donors (Lipinski definition) is 1. The standard InChI is InChI=1S/C19H26N2O4/c1-4-17(22)21-9-5-6-13(11-21)18(23)20-19(2,3)14-7-8-15-16(10-14)25-12-24-15/h7-8,10,13H,4-6,9,11-12H2,1-3H3,(H,20,23)/t13-/m0/s1. The Hall–Kier alpha value is -2.24. The lowest BCUT2D eigenvalue weighted by atomic mass is 9.91. The minimum Gasteiger partial charge on any atom is -0.454 e. The molecule has 2 amide bonds. The van der Waals surface area contributed by atoms with E-state index < -0.39 is 5.54 Å². The first-order chi connectivity index (χ1) is 11.9. The molecule has 0 aliphatic carbocycles. The number of nitrogens with zero attached hydrogens (tertiary/aromatic N) is 1. The zero-order valence-electron chi connectivity index (χ0n) is 15.1. The Morgan fingerprint density at radius 3 is 2.80 bits per heavy atom. The van der Waals surface area contributed by atoms with Gasteiger partial charge < -0.3 is 19.7 Å². The molecule has 2 aliphatic rings. The summed E-state index contributed by atoms with van der Waals surface area (Å²) in [4.78, 5) is 26.5. The number of piperidine rings is 1. The zero-order valence-corrected chi connectivity index (χ0v) is 15.1. The van der Waals surface area contributed by atoms with Crippen molar-refractivity contribution in [1.29, 1.82) is 0 Å². The molecule has 0 spiro atoms. The first-order valence-electron chi connectivity index (χ1n) is 8.90. The van der Waals surface area contributed by atoms with Crippen LogP contribution in [0.3, 0.4) is 0 Å². The Balaban J connectivity index is 1.67. The van der Waals surface area contributed by atoms with Crippen LogP contribution >= 0.6 is 0 Å². The number of hydrogen-bond acceptors (Lipinski definition) is 4. The van der Waals surface area contributed by atoms with E-state index in [2.05, 4.69) is 5.32 Å². The van der Waals surface area contributed by atoms with Gasteiger partial charge in [-0.15, -0.1) is 0 Å². The van der Waals surface area contributed by atoms with Gasteiger partial charge in [0.05, 0.1) is 11.5 Å². The third kappa shape index (κ3) is 3.72. The number of rotatable bonds is 4. The number of amides is 2. The average molecular weight is 346 g/mol. The van der Waals surface area contributed by atoms with E-state index in [-0.39, 0.29) is 24.5 Å². The first kappa shape index (κ1) is 17.6. The van der Waals surface area contributed by atoms with Crippen molar-refractivity contribution < 1.29 is 19.1 Å². The summed E-state index contributed by atoms with van der Waals surface area (Å²) in [6.07, 6.45) is 2.17. The van der Waals surface area contributed by atoms with Crippen LogP contribution in [0.5, 0.6) is 11.5 Å². The molecular weight excluding hydrogens is 320 g/mol. The molecule has 136 valence electrons. The van der Waals surface area contributed by atoms with E-state index in [1.165, 1.54) is 0 Å². The number of ether oxygens (including phenoxy) is 2. The number of nitrogens with one attached hydrogen (secondary N) is 1. The van der Waals surface area contributed by atoms with Gasteiger partial charge in [0, 0.05) is 19.5 Å². The van der Waals surface area contributed by atoms with E-state index in [9.17, 15) is 9.59 Å². The molecule has 6 heteroatoms. The normalized spacial score (nSPS) is 19.6. The third-order valence-corrected chi connectivity index (χ3v) is 4.98. The van der Waals surface area contributed by atoms with Gasteiger partial charge >= 0.3 is 0 Å². The molecule has 0 saturated carbocycles. The van der Waals surface area contributed by atoms with E-state index in [1.54, 1.807) is 4.90 Å². The molecule has 6 nitrogen and oxygen atoms in total. The third-order valence-electron chi connectivity index (χ3n) is 4.98. The van der Waals surface area contributed by atoms with Crippen molar-refractivity contribution >= 4 is 11.8 Å². The van der Waals surface area contributed by atoms with E-state index in [4.69, 9.17) is 9.47 Å². The number of fused-ring (bicyclic) bond motifs is 1. The van der Waals surface area contributed by atoms with Gasteiger partial charge in [-0.25, -0.2) is 0 Å². The molecular formula is C19H26N2O4. The molecule has 1 aromatic carbocycles. The Morgan fingerprint density at radius 2 is 2.04 bits per heavy atom. The number of likely N-dealkylation sites (tertiary alicyclic amines) is 1. The average Bonchev–Trinajstić information content (AvgIpc) is 3.08. The van der Waals surface area contributed by atoms with Crippen molar-refractivity contribution in [2.75, 3.05) is 19.9 Å². The second kappa shape index (κ2) is 6.94. The molecule has 2 heterocycles. The van der Waals surface area contributed by atoms with Gasteiger partial charge in [0.2, 0.25) is 18.6 Å². The van der Waals surface area contributed by atoms with E-state index in [1.807, 2.05) is 39.0 Å². The Bertz CT molecular complexity index is 671. The van der Waals surface area contributed by atoms with Gasteiger partial charge in [-0.1, -0.05) is 13.0 Å². The molecule has 0 unspecified atom stereocenters. The van der Waals surface area contributed by atoms with Crippen LogP contribution in [0.2, 0.25) is 0 Å². The molecule has 0 radical (unpaired) electrons. The molecule has 0 aromatic heterocycles. The van der Waals surface area contributed by atoms with Gasteiger partial charge in [-0.05, 0) is 44.4 Å². The highest BCUT2D eigenvalue weighted by Gasteiger charge is 2.32. The summed E-state index contributed by atoms with van der Waals surface area (Å²) in [6.45, 7) is 7.29. The molecule has 1 saturated heterocycles. The second-order valence-electron chi connectivity index (χ2n) is 7.21. The SMILES string of the molecule is CCC(=O)N1CCC[C@H](C(=O)NC(C)(C)c2ccc3c(c2)OCO3)C1. The predicted octanol–water partition coefficient (Wildman–Crippen LogP) is 2.42. The molecule has 0 bridgehead atoms. The summed E-state index contributed by atoms with van der Waals surface area (Å²) in [5.74, 6) is 1.39. The molecule has 2 aliphatic heterocycles. The Kier molecular flexibility index (Phi) is 4.88. The van der Waals surface area contributed by atoms with Crippen LogP contribution < -0.4 is 14.8 Å². The summed E-state index contributed by atoms with van der Waals surface area (Å²) < 4.78 is 10.8. The Morgan fingerprint density at radius 1 is 1.28 bits per heavy atom. The second-order valence-corrected chi connectivity index (χ2v) is 7.21. The largest absolute Gasteiger partial charge is 0.454 e. The van der Waals surface area contributed by atoms with Crippen molar-refractivity contribution in [3.8, 4) is 11.5 Å². The minimum atomic E-state index is -0.533. The van der Waals surface area contributed by atoms with Gasteiger partial charge in [-0.3, -0.25) is 9.59 Å². The fraction of sp³-hybridized carbons (Fsp3) is 0.579. The summed E-state index contributed by atoms with van der Waals surface area (Å²) in [7, 11) is 0. The van der Waals surface area contributed by atoms with E-state index in [0.29, 0.717) is 18.7 Å². The lowest BCUT2D eigenvalue weighted by Crippen LogP contribution is -2.49. The number of benzene rings is 1. The maximum Gasteiger partial charge on any atom is 0.231 e. The topological polar surface area (TPSA) is 67.9 Å². The quantitative estimate of drug-likeness (QED) is 0.909. The first-order valence-corrected chi connectivity index (χ1v) is 8.90. The highest BCUT2D eigenvalue weighted by Crippen LogP contribution is 2.35. The van der Waals surface area contributed by atoms with E-state index >= 15 is 0 Å². The van der Waals surface area contributed by atoms with Crippen molar-refractivity contribution in [3.63, 3.8) is 0 Å². The van der Waals surface area contributed by atoms with Crippen LogP contribution in [0.4, 0.5) is 0 Å². The van der Waals surface area contributed by atoms with Crippen LogP contribution in [0.1, 0.15) is 45.6 Å². The Labute approximate surface area is 148 Å². The van der Waals surface area contributed by atoms with Gasteiger partial charge in [0.1, 0.15) is 0 Å². The molecule has 1 N–H and O–H groups in total. The zero-order chi connectivity index (χ0) is 18.0. The summed E-state index contributed by atoms with van der Waals surface area (Å²) in [5.41, 5.74) is 0.428. The summed E-state index contributed by atoms with van der Waals surface area (Å²) in [6, 6.07) is 5.73. The lowest BCUT2D eigenvalue weighted by Gasteiger charge is -2.35. The van der Waals surface area contributed by atoms with Crippen LogP contribution in [0.25, 0.3) is 0 Å². The van der Waals surface area contributed by atoms with E-state index in [0.717, 1.165) is 30.7 Å². The molecule has 1 atom stereocenters. The molecule has 1 aromatic rings. The van der Waals surface area contributed by atoms with Gasteiger partial charge in [-0.2, -0.15) is 0 Å². The predicted molar refractivity (Wildman–Crippen MR) is 93.3 cm³/mol. The highest BCUT2D eigenvalue weighted by atomic mass is 16.7. The smallest absolute Gasteiger partial charge is 0.231 e. The molecule has 25 heavy (non-hydrogen) atoms.